The van der Waals surface area contributed by atoms with Gasteiger partial charge >= 0.3 is 0 Å². The Hall–Kier alpha value is -0.650. The highest BCUT2D eigenvalue weighted by atomic mass is 16.5. The van der Waals surface area contributed by atoms with Crippen molar-refractivity contribution in [3.8, 4) is 0 Å². The molecule has 16 heavy (non-hydrogen) atoms. The molecular formula is C11H24N2O3. The van der Waals surface area contributed by atoms with Gasteiger partial charge in [0.15, 0.2) is 0 Å². The lowest BCUT2D eigenvalue weighted by molar-refractivity contribution is -0.133. The van der Waals surface area contributed by atoms with Crippen LogP contribution in [0, 0.1) is 0 Å². The Morgan fingerprint density at radius 3 is 2.56 bits per heavy atom. The molecule has 0 saturated carbocycles. The molecule has 0 aliphatic heterocycles. The molecule has 0 aromatic carbocycles. The highest BCUT2D eigenvalue weighted by Crippen LogP contribution is 1.99. The molecule has 0 saturated heterocycles. The van der Waals surface area contributed by atoms with Gasteiger partial charge in [0.05, 0.1) is 25.8 Å². The normalized spacial score (nSPS) is 12.5. The van der Waals surface area contributed by atoms with Gasteiger partial charge in [0.1, 0.15) is 0 Å². The molecule has 0 heterocycles. The summed E-state index contributed by atoms with van der Waals surface area (Å²) in [6.45, 7) is 6.89. The first kappa shape index (κ1) is 15.3. The topological polar surface area (TPSA) is 50.8 Å². The Labute approximate surface area is 98.1 Å². The maximum absolute atomic E-state index is 11.8. The van der Waals surface area contributed by atoms with Gasteiger partial charge in [-0.15, -0.1) is 0 Å². The molecule has 5 heteroatoms. The number of amides is 1. The first-order chi connectivity index (χ1) is 7.67. The van der Waals surface area contributed by atoms with Crippen LogP contribution >= 0.6 is 0 Å². The lowest BCUT2D eigenvalue weighted by Crippen LogP contribution is -2.45. The third kappa shape index (κ3) is 6.05. The van der Waals surface area contributed by atoms with Crippen molar-refractivity contribution < 1.29 is 14.3 Å². The summed E-state index contributed by atoms with van der Waals surface area (Å²) in [7, 11) is 3.29. The number of carbonyl (C=O) groups excluding carboxylic acids is 1. The molecule has 0 aliphatic rings. The minimum Gasteiger partial charge on any atom is -0.383 e. The Morgan fingerprint density at radius 1 is 1.38 bits per heavy atom. The van der Waals surface area contributed by atoms with Crippen molar-refractivity contribution in [1.29, 1.82) is 0 Å². The predicted molar refractivity (Wildman–Crippen MR) is 63.5 cm³/mol. The van der Waals surface area contributed by atoms with E-state index in [9.17, 15) is 4.79 Å². The number of hydrogen-bond acceptors (Lipinski definition) is 4. The van der Waals surface area contributed by atoms with Crippen LogP contribution in [-0.2, 0) is 14.3 Å². The lowest BCUT2D eigenvalue weighted by Gasteiger charge is -2.27. The fourth-order valence-electron chi connectivity index (χ4n) is 1.54. The number of rotatable bonds is 9. The van der Waals surface area contributed by atoms with E-state index in [0.29, 0.717) is 32.8 Å². The number of nitrogens with one attached hydrogen (secondary N) is 1. The smallest absolute Gasteiger partial charge is 0.236 e. The van der Waals surface area contributed by atoms with Crippen molar-refractivity contribution in [1.82, 2.24) is 10.2 Å². The van der Waals surface area contributed by atoms with E-state index < -0.39 is 0 Å². The van der Waals surface area contributed by atoms with Crippen LogP contribution in [0.2, 0.25) is 0 Å². The van der Waals surface area contributed by atoms with Crippen LogP contribution in [0.5, 0.6) is 0 Å². The molecule has 1 unspecified atom stereocenters. The summed E-state index contributed by atoms with van der Waals surface area (Å²) in [4.78, 5) is 13.6. The molecule has 96 valence electrons. The molecule has 0 rings (SSSR count). The third-order valence-electron chi connectivity index (χ3n) is 2.36. The van der Waals surface area contributed by atoms with Gasteiger partial charge in [-0.1, -0.05) is 0 Å². The SMILES string of the molecule is CCN(C(=O)CNCCOC)C(C)COC. The molecule has 1 amide bonds. The molecule has 0 radical (unpaired) electrons. The zero-order valence-corrected chi connectivity index (χ0v) is 10.8. The Kier molecular flexibility index (Phi) is 9.18. The van der Waals surface area contributed by atoms with E-state index in [-0.39, 0.29) is 11.9 Å². The van der Waals surface area contributed by atoms with Crippen LogP contribution < -0.4 is 5.32 Å². The van der Waals surface area contributed by atoms with Crippen LogP contribution in [-0.4, -0.2) is 63.9 Å². The molecule has 0 aromatic heterocycles. The molecular weight excluding hydrogens is 208 g/mol. The molecule has 0 aromatic rings. The average molecular weight is 232 g/mol. The monoisotopic (exact) mass is 232 g/mol. The molecule has 1 atom stereocenters. The number of carbonyl (C=O) groups is 1. The highest BCUT2D eigenvalue weighted by Gasteiger charge is 2.17. The number of hydrogen-bond donors (Lipinski definition) is 1. The maximum atomic E-state index is 11.8. The minimum atomic E-state index is 0.100. The predicted octanol–water partition coefficient (Wildman–Crippen LogP) is 0.106. The minimum absolute atomic E-state index is 0.100. The summed E-state index contributed by atoms with van der Waals surface area (Å²) >= 11 is 0. The quantitative estimate of drug-likeness (QED) is 0.573. The number of nitrogens with zero attached hydrogens (tertiary/aromatic N) is 1. The van der Waals surface area contributed by atoms with Gasteiger partial charge in [-0.2, -0.15) is 0 Å². The lowest BCUT2D eigenvalue weighted by atomic mass is 10.3. The van der Waals surface area contributed by atoms with Crippen LogP contribution in [0.25, 0.3) is 0 Å². The van der Waals surface area contributed by atoms with E-state index >= 15 is 0 Å². The Balaban J connectivity index is 3.90. The van der Waals surface area contributed by atoms with Crippen molar-refractivity contribution in [3.05, 3.63) is 0 Å². The summed E-state index contributed by atoms with van der Waals surface area (Å²) < 4.78 is 9.93. The van der Waals surface area contributed by atoms with Crippen molar-refractivity contribution in [3.63, 3.8) is 0 Å². The van der Waals surface area contributed by atoms with Gasteiger partial charge in [0.2, 0.25) is 5.91 Å². The second kappa shape index (κ2) is 9.57. The molecule has 0 bridgehead atoms. The van der Waals surface area contributed by atoms with Gasteiger partial charge in [-0.25, -0.2) is 0 Å². The van der Waals surface area contributed by atoms with E-state index in [1.54, 1.807) is 14.2 Å². The summed E-state index contributed by atoms with van der Waals surface area (Å²) in [5, 5.41) is 3.04. The Morgan fingerprint density at radius 2 is 2.06 bits per heavy atom. The van der Waals surface area contributed by atoms with E-state index in [0.717, 1.165) is 0 Å². The summed E-state index contributed by atoms with van der Waals surface area (Å²) in [6.07, 6.45) is 0. The highest BCUT2D eigenvalue weighted by molar-refractivity contribution is 5.78. The van der Waals surface area contributed by atoms with E-state index in [2.05, 4.69) is 5.32 Å². The van der Waals surface area contributed by atoms with E-state index in [4.69, 9.17) is 9.47 Å². The van der Waals surface area contributed by atoms with Crippen molar-refractivity contribution >= 4 is 5.91 Å². The Bertz CT molecular complexity index is 188. The van der Waals surface area contributed by atoms with Gasteiger partial charge in [-0.3, -0.25) is 4.79 Å². The maximum Gasteiger partial charge on any atom is 0.236 e. The molecule has 5 nitrogen and oxygen atoms in total. The van der Waals surface area contributed by atoms with E-state index in [1.165, 1.54) is 0 Å². The zero-order valence-electron chi connectivity index (χ0n) is 10.8. The van der Waals surface area contributed by atoms with Gasteiger partial charge < -0.3 is 19.7 Å². The van der Waals surface area contributed by atoms with Crippen molar-refractivity contribution in [2.75, 3.05) is 47.1 Å². The van der Waals surface area contributed by atoms with Crippen molar-refractivity contribution in [2.45, 2.75) is 19.9 Å². The summed E-state index contributed by atoms with van der Waals surface area (Å²) in [5.41, 5.74) is 0. The first-order valence-electron chi connectivity index (χ1n) is 5.65. The zero-order chi connectivity index (χ0) is 12.4. The summed E-state index contributed by atoms with van der Waals surface area (Å²) in [5.74, 6) is 0.100. The van der Waals surface area contributed by atoms with Crippen LogP contribution in [0.4, 0.5) is 0 Å². The fraction of sp³-hybridized carbons (Fsp3) is 0.909. The van der Waals surface area contributed by atoms with Crippen molar-refractivity contribution in [2.24, 2.45) is 0 Å². The van der Waals surface area contributed by atoms with Gasteiger partial charge in [0, 0.05) is 27.3 Å². The second-order valence-corrected chi connectivity index (χ2v) is 3.65. The molecule has 1 N–H and O–H groups in total. The molecule has 0 fully saturated rings. The average Bonchev–Trinajstić information content (AvgIpc) is 2.26. The number of likely N-dealkylation sites (N-methyl/N-ethyl adjacent to an activating group) is 1. The summed E-state index contributed by atoms with van der Waals surface area (Å²) in [6, 6.07) is 0.117. The molecule has 0 spiro atoms. The van der Waals surface area contributed by atoms with E-state index in [1.807, 2.05) is 18.7 Å². The second-order valence-electron chi connectivity index (χ2n) is 3.65. The fourth-order valence-corrected chi connectivity index (χ4v) is 1.54. The number of ether oxygens (including phenoxy) is 2. The standard InChI is InChI=1S/C11H24N2O3/c1-5-13(10(2)9-16-4)11(14)8-12-6-7-15-3/h10,12H,5-9H2,1-4H3. The number of methoxy groups -OCH3 is 2. The largest absolute Gasteiger partial charge is 0.383 e. The van der Waals surface area contributed by atoms with Gasteiger partial charge in [0.25, 0.3) is 0 Å². The molecule has 0 aliphatic carbocycles. The first-order valence-corrected chi connectivity index (χ1v) is 5.65. The van der Waals surface area contributed by atoms with Crippen LogP contribution in [0.1, 0.15) is 13.8 Å². The van der Waals surface area contributed by atoms with Crippen LogP contribution in [0.3, 0.4) is 0 Å². The third-order valence-corrected chi connectivity index (χ3v) is 2.36. The van der Waals surface area contributed by atoms with Crippen LogP contribution in [0.15, 0.2) is 0 Å². The van der Waals surface area contributed by atoms with Gasteiger partial charge in [-0.05, 0) is 13.8 Å².